The van der Waals surface area contributed by atoms with Gasteiger partial charge in [-0.2, -0.15) is 0 Å². The second-order valence-corrected chi connectivity index (χ2v) is 5.39. The van der Waals surface area contributed by atoms with Crippen LogP contribution >= 0.6 is 0 Å². The van der Waals surface area contributed by atoms with Gasteiger partial charge in [0.15, 0.2) is 0 Å². The second kappa shape index (κ2) is 6.53. The molecule has 7 heteroatoms. The zero-order valence-electron chi connectivity index (χ0n) is 12.0. The van der Waals surface area contributed by atoms with E-state index in [1.807, 2.05) is 6.92 Å². The quantitative estimate of drug-likeness (QED) is 0.405. The average molecular weight is 292 g/mol. The molecule has 1 saturated carbocycles. The summed E-state index contributed by atoms with van der Waals surface area (Å²) >= 11 is 0. The van der Waals surface area contributed by atoms with Gasteiger partial charge in [-0.05, 0) is 30.9 Å². The number of hydrazine groups is 1. The predicted molar refractivity (Wildman–Crippen MR) is 79.8 cm³/mol. The van der Waals surface area contributed by atoms with Gasteiger partial charge in [0.1, 0.15) is 5.69 Å². The third-order valence-corrected chi connectivity index (χ3v) is 3.75. The van der Waals surface area contributed by atoms with Gasteiger partial charge in [0.05, 0.1) is 4.92 Å². The van der Waals surface area contributed by atoms with Crippen LogP contribution in [0.25, 0.3) is 0 Å². The van der Waals surface area contributed by atoms with Gasteiger partial charge in [-0.1, -0.05) is 19.8 Å². The SMILES string of the molecule is CCC(CC1CC1)NC(=O)c1ccc([N+](=O)[O-])c(NN)c1. The molecule has 1 amide bonds. The van der Waals surface area contributed by atoms with Crippen molar-refractivity contribution in [2.45, 2.75) is 38.6 Å². The molecule has 0 aliphatic heterocycles. The standard InChI is InChI=1S/C14H20N4O3/c1-2-11(7-9-3-4-9)16-14(19)10-5-6-13(18(20)21)12(8-10)17-15/h5-6,8-9,11,17H,2-4,7,15H2,1H3,(H,16,19). The van der Waals surface area contributed by atoms with E-state index in [2.05, 4.69) is 10.7 Å². The number of rotatable bonds is 7. The number of anilines is 1. The Kier molecular flexibility index (Phi) is 4.74. The molecule has 0 saturated heterocycles. The summed E-state index contributed by atoms with van der Waals surface area (Å²) < 4.78 is 0. The van der Waals surface area contributed by atoms with Crippen molar-refractivity contribution in [2.75, 3.05) is 5.43 Å². The zero-order chi connectivity index (χ0) is 15.4. The smallest absolute Gasteiger partial charge is 0.293 e. The first-order valence-electron chi connectivity index (χ1n) is 7.11. The van der Waals surface area contributed by atoms with Crippen LogP contribution in [0.2, 0.25) is 0 Å². The number of benzene rings is 1. The second-order valence-electron chi connectivity index (χ2n) is 5.39. The number of nitrogens with zero attached hydrogens (tertiary/aromatic N) is 1. The van der Waals surface area contributed by atoms with E-state index < -0.39 is 4.92 Å². The monoisotopic (exact) mass is 292 g/mol. The predicted octanol–water partition coefficient (Wildman–Crippen LogP) is 2.19. The molecular weight excluding hydrogens is 272 g/mol. The first kappa shape index (κ1) is 15.2. The number of carbonyl (C=O) groups excluding carboxylic acids is 1. The zero-order valence-corrected chi connectivity index (χ0v) is 12.0. The largest absolute Gasteiger partial charge is 0.349 e. The van der Waals surface area contributed by atoms with Crippen LogP contribution < -0.4 is 16.6 Å². The first-order valence-corrected chi connectivity index (χ1v) is 7.11. The van der Waals surface area contributed by atoms with E-state index in [1.54, 1.807) is 0 Å². The van der Waals surface area contributed by atoms with Crippen molar-refractivity contribution in [2.24, 2.45) is 11.8 Å². The van der Waals surface area contributed by atoms with E-state index >= 15 is 0 Å². The van der Waals surface area contributed by atoms with Crippen molar-refractivity contribution < 1.29 is 9.72 Å². The van der Waals surface area contributed by atoms with E-state index in [0.29, 0.717) is 5.56 Å². The number of hydrogen-bond donors (Lipinski definition) is 3. The molecule has 1 aliphatic carbocycles. The fourth-order valence-electron chi connectivity index (χ4n) is 2.30. The molecule has 4 N–H and O–H groups in total. The van der Waals surface area contributed by atoms with Crippen molar-refractivity contribution in [1.29, 1.82) is 0 Å². The van der Waals surface area contributed by atoms with E-state index in [0.717, 1.165) is 18.8 Å². The summed E-state index contributed by atoms with van der Waals surface area (Å²) in [7, 11) is 0. The molecule has 1 aromatic carbocycles. The topological polar surface area (TPSA) is 110 Å². The Hall–Kier alpha value is -2.15. The molecule has 1 unspecified atom stereocenters. The number of nitrogens with two attached hydrogens (primary N) is 1. The molecule has 0 bridgehead atoms. The van der Waals surface area contributed by atoms with Crippen molar-refractivity contribution in [3.05, 3.63) is 33.9 Å². The fraction of sp³-hybridized carbons (Fsp3) is 0.500. The van der Waals surface area contributed by atoms with Gasteiger partial charge in [-0.3, -0.25) is 20.8 Å². The van der Waals surface area contributed by atoms with Crippen LogP contribution in [0.15, 0.2) is 18.2 Å². The number of nitro benzene ring substituents is 1. The highest BCUT2D eigenvalue weighted by atomic mass is 16.6. The maximum atomic E-state index is 12.2. The van der Waals surface area contributed by atoms with Crippen LogP contribution in [0.4, 0.5) is 11.4 Å². The average Bonchev–Trinajstić information content (AvgIpc) is 3.29. The van der Waals surface area contributed by atoms with E-state index in [9.17, 15) is 14.9 Å². The van der Waals surface area contributed by atoms with E-state index in [-0.39, 0.29) is 23.3 Å². The number of nitrogens with one attached hydrogen (secondary N) is 2. The van der Waals surface area contributed by atoms with Crippen LogP contribution in [-0.4, -0.2) is 16.9 Å². The Bertz CT molecular complexity index is 543. The lowest BCUT2D eigenvalue weighted by molar-refractivity contribution is -0.384. The normalized spacial score (nSPS) is 15.3. The van der Waals surface area contributed by atoms with Crippen molar-refractivity contribution >= 4 is 17.3 Å². The Morgan fingerprint density at radius 1 is 1.52 bits per heavy atom. The van der Waals surface area contributed by atoms with Crippen molar-refractivity contribution in [3.63, 3.8) is 0 Å². The van der Waals surface area contributed by atoms with Gasteiger partial charge in [-0.25, -0.2) is 0 Å². The summed E-state index contributed by atoms with van der Waals surface area (Å²) in [6.45, 7) is 2.04. The third kappa shape index (κ3) is 3.91. The third-order valence-electron chi connectivity index (χ3n) is 3.75. The van der Waals surface area contributed by atoms with Crippen LogP contribution in [0, 0.1) is 16.0 Å². The van der Waals surface area contributed by atoms with Crippen LogP contribution in [-0.2, 0) is 0 Å². The maximum absolute atomic E-state index is 12.2. The van der Waals surface area contributed by atoms with Gasteiger partial charge in [0.25, 0.3) is 11.6 Å². The molecule has 0 spiro atoms. The summed E-state index contributed by atoms with van der Waals surface area (Å²) in [6, 6.07) is 4.27. The lowest BCUT2D eigenvalue weighted by atomic mass is 10.1. The number of amides is 1. The highest BCUT2D eigenvalue weighted by Crippen LogP contribution is 2.34. The van der Waals surface area contributed by atoms with Gasteiger partial charge in [0, 0.05) is 17.7 Å². The number of hydrogen-bond acceptors (Lipinski definition) is 5. The van der Waals surface area contributed by atoms with Crippen LogP contribution in [0.3, 0.4) is 0 Å². The molecule has 21 heavy (non-hydrogen) atoms. The molecule has 0 radical (unpaired) electrons. The Morgan fingerprint density at radius 2 is 2.24 bits per heavy atom. The highest BCUT2D eigenvalue weighted by Gasteiger charge is 2.26. The molecule has 0 aromatic heterocycles. The number of nitro groups is 1. The minimum absolute atomic E-state index is 0.128. The Balaban J connectivity index is 2.08. The molecule has 1 atom stereocenters. The van der Waals surface area contributed by atoms with Crippen molar-refractivity contribution in [3.8, 4) is 0 Å². The van der Waals surface area contributed by atoms with Crippen LogP contribution in [0.1, 0.15) is 43.0 Å². The Morgan fingerprint density at radius 3 is 2.76 bits per heavy atom. The molecule has 1 aromatic rings. The lowest BCUT2D eigenvalue weighted by Crippen LogP contribution is -2.34. The minimum Gasteiger partial charge on any atom is -0.349 e. The summed E-state index contributed by atoms with van der Waals surface area (Å²) in [5, 5.41) is 13.8. The maximum Gasteiger partial charge on any atom is 0.293 e. The Labute approximate surface area is 123 Å². The molecule has 7 nitrogen and oxygen atoms in total. The summed E-state index contributed by atoms with van der Waals surface area (Å²) in [4.78, 5) is 22.5. The van der Waals surface area contributed by atoms with Gasteiger partial charge >= 0.3 is 0 Å². The molecular formula is C14H20N4O3. The van der Waals surface area contributed by atoms with E-state index in [1.165, 1.54) is 31.0 Å². The lowest BCUT2D eigenvalue weighted by Gasteiger charge is -2.17. The van der Waals surface area contributed by atoms with Gasteiger partial charge in [-0.15, -0.1) is 0 Å². The molecule has 0 heterocycles. The number of nitrogen functional groups attached to an aromatic ring is 1. The molecule has 2 rings (SSSR count). The van der Waals surface area contributed by atoms with Gasteiger partial charge in [0.2, 0.25) is 0 Å². The summed E-state index contributed by atoms with van der Waals surface area (Å²) in [5.74, 6) is 5.78. The van der Waals surface area contributed by atoms with Crippen molar-refractivity contribution in [1.82, 2.24) is 5.32 Å². The van der Waals surface area contributed by atoms with E-state index in [4.69, 9.17) is 5.84 Å². The van der Waals surface area contributed by atoms with Crippen LogP contribution in [0.5, 0.6) is 0 Å². The fourth-order valence-corrected chi connectivity index (χ4v) is 2.30. The number of carbonyl (C=O) groups is 1. The molecule has 1 fully saturated rings. The summed E-state index contributed by atoms with van der Waals surface area (Å²) in [6.07, 6.45) is 4.35. The minimum atomic E-state index is -0.543. The molecule has 114 valence electrons. The van der Waals surface area contributed by atoms with Gasteiger partial charge < -0.3 is 10.7 Å². The highest BCUT2D eigenvalue weighted by molar-refractivity contribution is 5.96. The molecule has 1 aliphatic rings. The first-order chi connectivity index (χ1) is 10.0. The summed E-state index contributed by atoms with van der Waals surface area (Å²) in [5.41, 5.74) is 2.60.